The number of aliphatic hydroxyl groups is 1. The highest BCUT2D eigenvalue weighted by Gasteiger charge is 2.29. The van der Waals surface area contributed by atoms with Crippen molar-refractivity contribution in [3.8, 4) is 0 Å². The van der Waals surface area contributed by atoms with Crippen molar-refractivity contribution < 1.29 is 5.11 Å². The summed E-state index contributed by atoms with van der Waals surface area (Å²) < 4.78 is 0. The van der Waals surface area contributed by atoms with E-state index >= 15 is 0 Å². The molecule has 7 nitrogen and oxygen atoms in total. The molecule has 0 unspecified atom stereocenters. The summed E-state index contributed by atoms with van der Waals surface area (Å²) >= 11 is 0. The standard InChI is InChI=1S/C13H20N6O/c1-3-14-12-16-10-9(8-15-18-10)11(17-12)19-6-4-13(2,20)5-7-19/h8,20H,3-7H2,1-2H3,(H2,14,15,16,17,18). The molecule has 1 aliphatic rings. The molecule has 1 aliphatic heterocycles. The summed E-state index contributed by atoms with van der Waals surface area (Å²) in [4.78, 5) is 11.2. The van der Waals surface area contributed by atoms with Gasteiger partial charge in [-0.25, -0.2) is 0 Å². The molecule has 0 atom stereocenters. The van der Waals surface area contributed by atoms with Crippen LogP contribution in [0.5, 0.6) is 0 Å². The van der Waals surface area contributed by atoms with Crippen molar-refractivity contribution in [3.63, 3.8) is 0 Å². The lowest BCUT2D eigenvalue weighted by Gasteiger charge is -2.36. The molecule has 7 heteroatoms. The van der Waals surface area contributed by atoms with Gasteiger partial charge in [-0.2, -0.15) is 15.1 Å². The lowest BCUT2D eigenvalue weighted by atomic mass is 9.94. The fraction of sp³-hybridized carbons (Fsp3) is 0.615. The Kier molecular flexibility index (Phi) is 3.21. The molecule has 20 heavy (non-hydrogen) atoms. The van der Waals surface area contributed by atoms with E-state index in [1.165, 1.54) is 0 Å². The van der Waals surface area contributed by atoms with Gasteiger partial charge in [0.05, 0.1) is 17.2 Å². The summed E-state index contributed by atoms with van der Waals surface area (Å²) in [5, 5.41) is 21.1. The van der Waals surface area contributed by atoms with Crippen molar-refractivity contribution in [2.45, 2.75) is 32.3 Å². The van der Waals surface area contributed by atoms with E-state index in [-0.39, 0.29) is 0 Å². The maximum Gasteiger partial charge on any atom is 0.226 e. The van der Waals surface area contributed by atoms with Gasteiger partial charge in [0.15, 0.2) is 5.65 Å². The molecule has 1 saturated heterocycles. The van der Waals surface area contributed by atoms with Crippen LogP contribution in [0.3, 0.4) is 0 Å². The topological polar surface area (TPSA) is 90.0 Å². The van der Waals surface area contributed by atoms with Gasteiger partial charge in [0, 0.05) is 19.6 Å². The molecule has 2 aromatic rings. The van der Waals surface area contributed by atoms with Crippen molar-refractivity contribution in [3.05, 3.63) is 6.20 Å². The number of piperidine rings is 1. The first-order valence-corrected chi connectivity index (χ1v) is 7.01. The molecule has 0 aliphatic carbocycles. The molecule has 0 bridgehead atoms. The minimum atomic E-state index is -0.566. The van der Waals surface area contributed by atoms with Gasteiger partial charge in [-0.3, -0.25) is 5.10 Å². The van der Waals surface area contributed by atoms with Gasteiger partial charge in [0.2, 0.25) is 5.95 Å². The zero-order valence-electron chi connectivity index (χ0n) is 11.8. The molecular formula is C13H20N6O. The Hall–Kier alpha value is -1.89. The smallest absolute Gasteiger partial charge is 0.226 e. The number of hydrogen-bond acceptors (Lipinski definition) is 6. The minimum Gasteiger partial charge on any atom is -0.390 e. The molecule has 1 fully saturated rings. The van der Waals surface area contributed by atoms with Crippen LogP contribution in [0.1, 0.15) is 26.7 Å². The van der Waals surface area contributed by atoms with E-state index in [9.17, 15) is 5.11 Å². The van der Waals surface area contributed by atoms with Gasteiger partial charge >= 0.3 is 0 Å². The van der Waals surface area contributed by atoms with Crippen LogP contribution in [0.15, 0.2) is 6.20 Å². The normalized spacial score (nSPS) is 18.4. The fourth-order valence-electron chi connectivity index (χ4n) is 2.50. The molecule has 0 amide bonds. The van der Waals surface area contributed by atoms with E-state index in [0.717, 1.165) is 49.3 Å². The Bertz CT molecular complexity index is 598. The summed E-state index contributed by atoms with van der Waals surface area (Å²) in [6.45, 7) is 6.25. The van der Waals surface area contributed by atoms with E-state index in [1.807, 2.05) is 13.8 Å². The highest BCUT2D eigenvalue weighted by atomic mass is 16.3. The summed E-state index contributed by atoms with van der Waals surface area (Å²) in [5.41, 5.74) is 0.173. The number of fused-ring (bicyclic) bond motifs is 1. The monoisotopic (exact) mass is 276 g/mol. The summed E-state index contributed by atoms with van der Waals surface area (Å²) in [5.74, 6) is 1.49. The number of nitrogens with one attached hydrogen (secondary N) is 2. The summed E-state index contributed by atoms with van der Waals surface area (Å²) in [6, 6.07) is 0. The lowest BCUT2D eigenvalue weighted by molar-refractivity contribution is 0.0350. The third-order valence-corrected chi connectivity index (χ3v) is 3.76. The molecule has 3 heterocycles. The van der Waals surface area contributed by atoms with Crippen molar-refractivity contribution in [1.82, 2.24) is 20.2 Å². The van der Waals surface area contributed by atoms with E-state index in [0.29, 0.717) is 5.95 Å². The zero-order chi connectivity index (χ0) is 14.2. The minimum absolute atomic E-state index is 0.566. The van der Waals surface area contributed by atoms with Crippen LogP contribution in [0.4, 0.5) is 11.8 Å². The van der Waals surface area contributed by atoms with Gasteiger partial charge in [0.1, 0.15) is 5.82 Å². The molecule has 0 radical (unpaired) electrons. The molecule has 0 aromatic carbocycles. The van der Waals surface area contributed by atoms with Crippen LogP contribution in [0.25, 0.3) is 11.0 Å². The van der Waals surface area contributed by atoms with Crippen molar-refractivity contribution in [1.29, 1.82) is 0 Å². The third kappa shape index (κ3) is 2.40. The fourth-order valence-corrected chi connectivity index (χ4v) is 2.50. The van der Waals surface area contributed by atoms with Crippen molar-refractivity contribution in [2.24, 2.45) is 0 Å². The first-order chi connectivity index (χ1) is 9.59. The first-order valence-electron chi connectivity index (χ1n) is 7.01. The van der Waals surface area contributed by atoms with E-state index in [1.54, 1.807) is 6.20 Å². The van der Waals surface area contributed by atoms with E-state index in [2.05, 4.69) is 30.4 Å². The van der Waals surface area contributed by atoms with E-state index in [4.69, 9.17) is 0 Å². The number of anilines is 2. The third-order valence-electron chi connectivity index (χ3n) is 3.76. The predicted molar refractivity (Wildman–Crippen MR) is 77.9 cm³/mol. The Morgan fingerprint density at radius 1 is 1.40 bits per heavy atom. The molecule has 3 N–H and O–H groups in total. The average molecular weight is 276 g/mol. The molecular weight excluding hydrogens is 256 g/mol. The maximum atomic E-state index is 10.1. The second-order valence-corrected chi connectivity index (χ2v) is 5.52. The Labute approximate surface area is 117 Å². The second kappa shape index (κ2) is 4.90. The highest BCUT2D eigenvalue weighted by molar-refractivity contribution is 5.87. The predicted octanol–water partition coefficient (Wildman–Crippen LogP) is 1.14. The SMILES string of the molecule is CCNc1nc(N2CCC(C)(O)CC2)c2cn[nH]c2n1. The summed E-state index contributed by atoms with van der Waals surface area (Å²) in [6.07, 6.45) is 3.24. The highest BCUT2D eigenvalue weighted by Crippen LogP contribution is 2.29. The van der Waals surface area contributed by atoms with Crippen molar-refractivity contribution in [2.75, 3.05) is 29.9 Å². The largest absolute Gasteiger partial charge is 0.390 e. The lowest BCUT2D eigenvalue weighted by Crippen LogP contribution is -2.42. The van der Waals surface area contributed by atoms with Gasteiger partial charge in [-0.1, -0.05) is 0 Å². The van der Waals surface area contributed by atoms with Crippen LogP contribution in [-0.2, 0) is 0 Å². The van der Waals surface area contributed by atoms with Gasteiger partial charge in [-0.15, -0.1) is 0 Å². The quantitative estimate of drug-likeness (QED) is 0.779. The Morgan fingerprint density at radius 3 is 2.85 bits per heavy atom. The van der Waals surface area contributed by atoms with Gasteiger partial charge in [-0.05, 0) is 26.7 Å². The Morgan fingerprint density at radius 2 is 2.15 bits per heavy atom. The second-order valence-electron chi connectivity index (χ2n) is 5.52. The molecule has 0 spiro atoms. The average Bonchev–Trinajstić information content (AvgIpc) is 2.86. The number of nitrogens with zero attached hydrogens (tertiary/aromatic N) is 4. The zero-order valence-corrected chi connectivity index (χ0v) is 11.8. The number of aromatic nitrogens is 4. The molecule has 108 valence electrons. The van der Waals surface area contributed by atoms with Crippen LogP contribution in [0.2, 0.25) is 0 Å². The van der Waals surface area contributed by atoms with E-state index < -0.39 is 5.60 Å². The molecule has 3 rings (SSSR count). The van der Waals surface area contributed by atoms with Crippen LogP contribution < -0.4 is 10.2 Å². The van der Waals surface area contributed by atoms with Gasteiger partial charge < -0.3 is 15.3 Å². The number of aromatic amines is 1. The first kappa shape index (κ1) is 13.1. The number of H-pyrrole nitrogens is 1. The Balaban J connectivity index is 1.95. The van der Waals surface area contributed by atoms with Crippen LogP contribution in [-0.4, -0.2) is 50.5 Å². The number of hydrogen-bond donors (Lipinski definition) is 3. The number of rotatable bonds is 3. The summed E-state index contributed by atoms with van der Waals surface area (Å²) in [7, 11) is 0. The van der Waals surface area contributed by atoms with Gasteiger partial charge in [0.25, 0.3) is 0 Å². The van der Waals surface area contributed by atoms with Crippen LogP contribution in [0, 0.1) is 0 Å². The molecule has 2 aromatic heterocycles. The molecule has 0 saturated carbocycles. The van der Waals surface area contributed by atoms with Crippen LogP contribution >= 0.6 is 0 Å². The van der Waals surface area contributed by atoms with Crippen molar-refractivity contribution >= 4 is 22.8 Å². The maximum absolute atomic E-state index is 10.1.